The summed E-state index contributed by atoms with van der Waals surface area (Å²) in [5, 5.41) is 3.05. The van der Waals surface area contributed by atoms with Gasteiger partial charge in [0.05, 0.1) is 18.1 Å². The molecule has 3 aromatic rings. The fourth-order valence-corrected chi connectivity index (χ4v) is 6.16. The Balaban J connectivity index is 1.53. The van der Waals surface area contributed by atoms with Gasteiger partial charge in [-0.25, -0.2) is 17.5 Å². The summed E-state index contributed by atoms with van der Waals surface area (Å²) in [5.41, 5.74) is 2.41. The maximum absolute atomic E-state index is 13.9. The van der Waals surface area contributed by atoms with Crippen molar-refractivity contribution in [3.05, 3.63) is 101 Å². The normalized spacial score (nSPS) is 14.6. The molecule has 2 amide bonds. The van der Waals surface area contributed by atoms with Gasteiger partial charge in [-0.05, 0) is 47.4 Å². The molecule has 0 saturated carbocycles. The topological polar surface area (TPSA) is 108 Å². The number of morpholine rings is 1. The minimum absolute atomic E-state index is 0.104. The van der Waals surface area contributed by atoms with Crippen LogP contribution in [0.25, 0.3) is 0 Å². The average Bonchev–Trinajstić information content (AvgIpc) is 3.03. The fourth-order valence-electron chi connectivity index (χ4n) is 5.12. The Hall–Kier alpha value is -3.64. The van der Waals surface area contributed by atoms with E-state index in [4.69, 9.17) is 4.74 Å². The molecule has 236 valence electrons. The van der Waals surface area contributed by atoms with Gasteiger partial charge in [-0.15, -0.1) is 0 Å². The third-order valence-electron chi connectivity index (χ3n) is 7.56. The van der Waals surface area contributed by atoms with E-state index in [9.17, 15) is 22.4 Å². The quantitative estimate of drug-likeness (QED) is 0.269. The van der Waals surface area contributed by atoms with Crippen molar-refractivity contribution < 1.29 is 27.1 Å². The molecular formula is C33H41FN4O5S. The van der Waals surface area contributed by atoms with Gasteiger partial charge in [0.1, 0.15) is 11.9 Å². The van der Waals surface area contributed by atoms with Crippen molar-refractivity contribution >= 4 is 21.8 Å². The van der Waals surface area contributed by atoms with Crippen LogP contribution in [0.5, 0.6) is 0 Å². The summed E-state index contributed by atoms with van der Waals surface area (Å²) in [6.07, 6.45) is 0.776. The van der Waals surface area contributed by atoms with Gasteiger partial charge in [0.25, 0.3) is 0 Å². The lowest BCUT2D eigenvalue weighted by Gasteiger charge is -2.32. The van der Waals surface area contributed by atoms with Gasteiger partial charge in [0, 0.05) is 52.1 Å². The number of nitrogens with zero attached hydrogens (tertiary/aromatic N) is 2. The van der Waals surface area contributed by atoms with E-state index in [1.54, 1.807) is 36.1 Å². The molecule has 3 aromatic carbocycles. The molecule has 0 unspecified atom stereocenters. The van der Waals surface area contributed by atoms with Crippen LogP contribution in [0, 0.1) is 5.82 Å². The number of carbonyl (C=O) groups excluding carboxylic acids is 2. The van der Waals surface area contributed by atoms with Crippen LogP contribution in [-0.2, 0) is 43.7 Å². The summed E-state index contributed by atoms with van der Waals surface area (Å²) in [4.78, 5) is 31.6. The van der Waals surface area contributed by atoms with E-state index in [0.717, 1.165) is 24.2 Å². The smallest absolute Gasteiger partial charge is 0.243 e. The van der Waals surface area contributed by atoms with Crippen molar-refractivity contribution in [2.45, 2.75) is 43.7 Å². The lowest BCUT2D eigenvalue weighted by atomic mass is 10.0. The van der Waals surface area contributed by atoms with E-state index >= 15 is 0 Å². The lowest BCUT2D eigenvalue weighted by molar-refractivity contribution is -0.141. The zero-order valence-corrected chi connectivity index (χ0v) is 25.9. The van der Waals surface area contributed by atoms with Gasteiger partial charge in [-0.1, -0.05) is 61.5 Å². The molecule has 1 saturated heterocycles. The van der Waals surface area contributed by atoms with Crippen molar-refractivity contribution in [3.63, 3.8) is 0 Å². The largest absolute Gasteiger partial charge is 0.379 e. The van der Waals surface area contributed by atoms with Gasteiger partial charge in [-0.2, -0.15) is 0 Å². The number of nitrogens with one attached hydrogen (secondary N) is 2. The first-order valence-electron chi connectivity index (χ1n) is 15.0. The molecular weight excluding hydrogens is 583 g/mol. The maximum Gasteiger partial charge on any atom is 0.243 e. The molecule has 1 aliphatic rings. The molecule has 1 heterocycles. The number of hydrogen-bond acceptors (Lipinski definition) is 6. The minimum Gasteiger partial charge on any atom is -0.379 e. The van der Waals surface area contributed by atoms with Crippen LogP contribution in [0.3, 0.4) is 0 Å². The summed E-state index contributed by atoms with van der Waals surface area (Å²) in [6.45, 7) is 6.19. The number of halogens is 1. The standard InChI is InChI=1S/C33H41FN4O5S/c1-2-36-44(41,42)30-15-10-26(11-16-30)12-17-32(39)38(25-28-8-13-29(34)14-9-28)31(24-27-6-4-3-5-7-27)33(40)35-18-19-37-20-22-43-23-21-37/h3-11,13-16,31,36H,2,12,17-25H2,1H3,(H,35,40)/t31-/m0/s1. The molecule has 9 nitrogen and oxygen atoms in total. The Bertz CT molecular complexity index is 1450. The number of carbonyl (C=O) groups is 2. The highest BCUT2D eigenvalue weighted by molar-refractivity contribution is 7.89. The number of amides is 2. The molecule has 0 spiro atoms. The second-order valence-electron chi connectivity index (χ2n) is 10.7. The highest BCUT2D eigenvalue weighted by atomic mass is 32.2. The third kappa shape index (κ3) is 9.95. The van der Waals surface area contributed by atoms with Crippen molar-refractivity contribution in [3.8, 4) is 0 Å². The maximum atomic E-state index is 13.9. The Morgan fingerprint density at radius 1 is 0.932 bits per heavy atom. The highest BCUT2D eigenvalue weighted by Gasteiger charge is 2.30. The molecule has 11 heteroatoms. The van der Waals surface area contributed by atoms with E-state index in [1.807, 2.05) is 30.3 Å². The Labute approximate surface area is 259 Å². The van der Waals surface area contributed by atoms with Crippen LogP contribution >= 0.6 is 0 Å². The van der Waals surface area contributed by atoms with Gasteiger partial charge in [0.2, 0.25) is 21.8 Å². The summed E-state index contributed by atoms with van der Waals surface area (Å²) in [5.74, 6) is -0.869. The molecule has 2 N–H and O–H groups in total. The minimum atomic E-state index is -3.58. The zero-order valence-electron chi connectivity index (χ0n) is 25.1. The summed E-state index contributed by atoms with van der Waals surface area (Å²) < 4.78 is 46.2. The molecule has 0 aromatic heterocycles. The number of sulfonamides is 1. The third-order valence-corrected chi connectivity index (χ3v) is 9.13. The predicted molar refractivity (Wildman–Crippen MR) is 167 cm³/mol. The number of benzene rings is 3. The first kappa shape index (κ1) is 33.3. The Morgan fingerprint density at radius 2 is 1.59 bits per heavy atom. The molecule has 0 aliphatic carbocycles. The van der Waals surface area contributed by atoms with E-state index in [0.29, 0.717) is 44.7 Å². The SMILES string of the molecule is CCNS(=O)(=O)c1ccc(CCC(=O)N(Cc2ccc(F)cc2)[C@@H](Cc2ccccc2)C(=O)NCCN2CCOCC2)cc1. The molecule has 0 radical (unpaired) electrons. The van der Waals surface area contributed by atoms with Crippen molar-refractivity contribution in [1.29, 1.82) is 0 Å². The van der Waals surface area contributed by atoms with Crippen molar-refractivity contribution in [1.82, 2.24) is 19.8 Å². The van der Waals surface area contributed by atoms with Gasteiger partial charge in [-0.3, -0.25) is 14.5 Å². The monoisotopic (exact) mass is 624 g/mol. The number of rotatable bonds is 15. The summed E-state index contributed by atoms with van der Waals surface area (Å²) in [6, 6.07) is 21.1. The van der Waals surface area contributed by atoms with E-state index in [-0.39, 0.29) is 42.0 Å². The van der Waals surface area contributed by atoms with Gasteiger partial charge in [0.15, 0.2) is 0 Å². The van der Waals surface area contributed by atoms with Crippen LogP contribution in [0.15, 0.2) is 83.8 Å². The first-order chi connectivity index (χ1) is 21.2. The molecule has 4 rings (SSSR count). The molecule has 44 heavy (non-hydrogen) atoms. The summed E-state index contributed by atoms with van der Waals surface area (Å²) >= 11 is 0. The number of hydrogen-bond donors (Lipinski definition) is 2. The van der Waals surface area contributed by atoms with Crippen LogP contribution in [0.4, 0.5) is 4.39 Å². The van der Waals surface area contributed by atoms with E-state index in [1.165, 1.54) is 24.3 Å². The molecule has 1 fully saturated rings. The molecule has 1 aliphatic heterocycles. The van der Waals surface area contributed by atoms with Gasteiger partial charge < -0.3 is 15.0 Å². The Morgan fingerprint density at radius 3 is 2.25 bits per heavy atom. The van der Waals surface area contributed by atoms with Gasteiger partial charge >= 0.3 is 0 Å². The van der Waals surface area contributed by atoms with E-state index < -0.39 is 16.1 Å². The van der Waals surface area contributed by atoms with Crippen LogP contribution in [0.2, 0.25) is 0 Å². The van der Waals surface area contributed by atoms with Crippen LogP contribution in [-0.4, -0.2) is 82.0 Å². The van der Waals surface area contributed by atoms with Crippen molar-refractivity contribution in [2.75, 3.05) is 45.9 Å². The fraction of sp³-hybridized carbons (Fsp3) is 0.394. The zero-order chi connectivity index (χ0) is 31.4. The average molecular weight is 625 g/mol. The lowest BCUT2D eigenvalue weighted by Crippen LogP contribution is -2.52. The second-order valence-corrected chi connectivity index (χ2v) is 12.5. The molecule has 0 bridgehead atoms. The first-order valence-corrected chi connectivity index (χ1v) is 16.5. The molecule has 1 atom stereocenters. The van der Waals surface area contributed by atoms with Crippen molar-refractivity contribution in [2.24, 2.45) is 0 Å². The van der Waals surface area contributed by atoms with E-state index in [2.05, 4.69) is 14.9 Å². The second kappa shape index (κ2) is 16.4. The van der Waals surface area contributed by atoms with Crippen LogP contribution < -0.4 is 10.0 Å². The number of ether oxygens (including phenoxy) is 1. The Kier molecular flexibility index (Phi) is 12.4. The van der Waals surface area contributed by atoms with Crippen LogP contribution in [0.1, 0.15) is 30.0 Å². The predicted octanol–water partition coefficient (Wildman–Crippen LogP) is 3.15. The number of aryl methyl sites for hydroxylation is 1. The summed E-state index contributed by atoms with van der Waals surface area (Å²) in [7, 11) is -3.58. The highest BCUT2D eigenvalue weighted by Crippen LogP contribution is 2.18.